The lowest BCUT2D eigenvalue weighted by atomic mass is 10.1. The molecule has 3 nitrogen and oxygen atoms in total. The quantitative estimate of drug-likeness (QED) is 0.777. The number of nitrogen functional groups attached to an aromatic ring is 1. The molecule has 0 saturated heterocycles. The lowest BCUT2D eigenvalue weighted by Crippen LogP contribution is -2.20. The molecule has 1 aromatic heterocycles. The molecule has 1 heterocycles. The van der Waals surface area contributed by atoms with Gasteiger partial charge in [-0.05, 0) is 43.9 Å². The zero-order valence-electron chi connectivity index (χ0n) is 9.77. The van der Waals surface area contributed by atoms with Crippen molar-refractivity contribution >= 4 is 16.6 Å². The Morgan fingerprint density at radius 2 is 2.06 bits per heavy atom. The Morgan fingerprint density at radius 3 is 2.75 bits per heavy atom. The van der Waals surface area contributed by atoms with Crippen LogP contribution in [0.3, 0.4) is 0 Å². The van der Waals surface area contributed by atoms with Crippen molar-refractivity contribution in [2.45, 2.75) is 32.4 Å². The van der Waals surface area contributed by atoms with E-state index in [4.69, 9.17) is 5.73 Å². The average Bonchev–Trinajstić information content (AvgIpc) is 2.56. The van der Waals surface area contributed by atoms with E-state index in [1.54, 1.807) is 0 Å². The highest BCUT2D eigenvalue weighted by Gasteiger charge is 2.12. The molecule has 3 N–H and O–H groups in total. The third kappa shape index (κ3) is 2.36. The van der Waals surface area contributed by atoms with Crippen molar-refractivity contribution in [3.05, 3.63) is 30.5 Å². The molecule has 86 valence electrons. The van der Waals surface area contributed by atoms with E-state index in [2.05, 4.69) is 10.6 Å². The standard InChI is InChI=1S/C13H18N2O/c1-13(2,16)6-8-15-7-5-10-3-4-11(14)9-12(10)15/h3-5,7,9,16H,6,8,14H2,1-2H3. The molecule has 0 unspecified atom stereocenters. The summed E-state index contributed by atoms with van der Waals surface area (Å²) in [5.74, 6) is 0. The summed E-state index contributed by atoms with van der Waals surface area (Å²) in [5.41, 5.74) is 7.05. The lowest BCUT2D eigenvalue weighted by Gasteiger charge is -2.17. The molecule has 2 rings (SSSR count). The first kappa shape index (κ1) is 11.0. The first-order valence-corrected chi connectivity index (χ1v) is 5.52. The number of aryl methyl sites for hydroxylation is 1. The number of aliphatic hydroxyl groups is 1. The van der Waals surface area contributed by atoms with E-state index in [0.717, 1.165) is 24.2 Å². The van der Waals surface area contributed by atoms with Crippen molar-refractivity contribution in [1.82, 2.24) is 4.57 Å². The van der Waals surface area contributed by atoms with Crippen LogP contribution in [0.15, 0.2) is 30.5 Å². The molecule has 0 fully saturated rings. The highest BCUT2D eigenvalue weighted by Crippen LogP contribution is 2.20. The second-order valence-electron chi connectivity index (χ2n) is 4.89. The minimum atomic E-state index is -0.628. The van der Waals surface area contributed by atoms with Crippen molar-refractivity contribution in [2.24, 2.45) is 0 Å². The normalized spacial score (nSPS) is 12.2. The third-order valence-corrected chi connectivity index (χ3v) is 2.76. The van der Waals surface area contributed by atoms with Crippen LogP contribution in [-0.4, -0.2) is 15.3 Å². The van der Waals surface area contributed by atoms with Gasteiger partial charge in [0.15, 0.2) is 0 Å². The van der Waals surface area contributed by atoms with E-state index < -0.39 is 5.60 Å². The maximum Gasteiger partial charge on any atom is 0.0608 e. The van der Waals surface area contributed by atoms with Crippen LogP contribution in [0.5, 0.6) is 0 Å². The minimum Gasteiger partial charge on any atom is -0.399 e. The van der Waals surface area contributed by atoms with Crippen molar-refractivity contribution in [2.75, 3.05) is 5.73 Å². The fourth-order valence-corrected chi connectivity index (χ4v) is 1.79. The fourth-order valence-electron chi connectivity index (χ4n) is 1.79. The Morgan fingerprint density at radius 1 is 1.31 bits per heavy atom. The monoisotopic (exact) mass is 218 g/mol. The minimum absolute atomic E-state index is 0.628. The molecule has 0 spiro atoms. The maximum atomic E-state index is 9.71. The van der Waals surface area contributed by atoms with Gasteiger partial charge in [0.25, 0.3) is 0 Å². The summed E-state index contributed by atoms with van der Waals surface area (Å²) in [7, 11) is 0. The molecule has 0 aliphatic rings. The topological polar surface area (TPSA) is 51.2 Å². The van der Waals surface area contributed by atoms with Crippen LogP contribution in [0.4, 0.5) is 5.69 Å². The van der Waals surface area contributed by atoms with Crippen molar-refractivity contribution in [1.29, 1.82) is 0 Å². The molecule has 3 heteroatoms. The molecule has 0 amide bonds. The zero-order chi connectivity index (χ0) is 11.8. The largest absolute Gasteiger partial charge is 0.399 e. The van der Waals surface area contributed by atoms with E-state index >= 15 is 0 Å². The number of rotatable bonds is 3. The molecule has 16 heavy (non-hydrogen) atoms. The smallest absolute Gasteiger partial charge is 0.0608 e. The van der Waals surface area contributed by atoms with Gasteiger partial charge < -0.3 is 15.4 Å². The second kappa shape index (κ2) is 3.83. The van der Waals surface area contributed by atoms with E-state index in [-0.39, 0.29) is 0 Å². The van der Waals surface area contributed by atoms with Crippen LogP contribution in [0.1, 0.15) is 20.3 Å². The summed E-state index contributed by atoms with van der Waals surface area (Å²) in [4.78, 5) is 0. The lowest BCUT2D eigenvalue weighted by molar-refractivity contribution is 0.0666. The van der Waals surface area contributed by atoms with Crippen molar-refractivity contribution in [3.63, 3.8) is 0 Å². The Kier molecular flexibility index (Phi) is 2.64. The summed E-state index contributed by atoms with van der Waals surface area (Å²) in [6.45, 7) is 4.45. The predicted molar refractivity (Wildman–Crippen MR) is 67.3 cm³/mol. The molecular formula is C13H18N2O. The van der Waals surface area contributed by atoms with Gasteiger partial charge in [0.2, 0.25) is 0 Å². The van der Waals surface area contributed by atoms with Gasteiger partial charge in [-0.1, -0.05) is 6.07 Å². The Labute approximate surface area is 95.5 Å². The van der Waals surface area contributed by atoms with Gasteiger partial charge in [0.1, 0.15) is 0 Å². The summed E-state index contributed by atoms with van der Waals surface area (Å²) < 4.78 is 2.13. The number of anilines is 1. The van der Waals surface area contributed by atoms with Gasteiger partial charge in [0, 0.05) is 18.4 Å². The van der Waals surface area contributed by atoms with E-state index in [9.17, 15) is 5.11 Å². The number of hydrogen-bond acceptors (Lipinski definition) is 2. The van der Waals surface area contributed by atoms with E-state index in [1.165, 1.54) is 5.39 Å². The number of fused-ring (bicyclic) bond motifs is 1. The highest BCUT2D eigenvalue weighted by atomic mass is 16.3. The van der Waals surface area contributed by atoms with Crippen LogP contribution in [0.25, 0.3) is 10.9 Å². The molecule has 2 aromatic rings. The Hall–Kier alpha value is -1.48. The van der Waals surface area contributed by atoms with Crippen LogP contribution >= 0.6 is 0 Å². The first-order chi connectivity index (χ1) is 7.46. The summed E-state index contributed by atoms with van der Waals surface area (Å²) >= 11 is 0. The van der Waals surface area contributed by atoms with Crippen molar-refractivity contribution in [3.8, 4) is 0 Å². The van der Waals surface area contributed by atoms with Gasteiger partial charge in [-0.2, -0.15) is 0 Å². The molecular weight excluding hydrogens is 200 g/mol. The maximum absolute atomic E-state index is 9.71. The van der Waals surface area contributed by atoms with Crippen LogP contribution in [0.2, 0.25) is 0 Å². The van der Waals surface area contributed by atoms with Gasteiger partial charge in [0.05, 0.1) is 11.1 Å². The van der Waals surface area contributed by atoms with Crippen LogP contribution in [-0.2, 0) is 6.54 Å². The second-order valence-corrected chi connectivity index (χ2v) is 4.89. The number of benzene rings is 1. The number of aromatic nitrogens is 1. The first-order valence-electron chi connectivity index (χ1n) is 5.52. The molecule has 1 aromatic carbocycles. The Balaban J connectivity index is 2.28. The number of nitrogens with zero attached hydrogens (tertiary/aromatic N) is 1. The Bertz CT molecular complexity index is 494. The average molecular weight is 218 g/mol. The predicted octanol–water partition coefficient (Wildman–Crippen LogP) is 2.38. The summed E-state index contributed by atoms with van der Waals surface area (Å²) in [5, 5.41) is 10.9. The van der Waals surface area contributed by atoms with Crippen LogP contribution < -0.4 is 5.73 Å². The molecule has 0 bridgehead atoms. The number of nitrogens with two attached hydrogens (primary N) is 1. The van der Waals surface area contributed by atoms with Gasteiger partial charge in [-0.15, -0.1) is 0 Å². The van der Waals surface area contributed by atoms with Gasteiger partial charge in [-0.3, -0.25) is 0 Å². The molecule has 0 saturated carbocycles. The van der Waals surface area contributed by atoms with Crippen molar-refractivity contribution < 1.29 is 5.11 Å². The van der Waals surface area contributed by atoms with Gasteiger partial charge in [-0.25, -0.2) is 0 Å². The SMILES string of the molecule is CC(C)(O)CCn1ccc2ccc(N)cc21. The van der Waals surface area contributed by atoms with E-state index in [1.807, 2.05) is 38.2 Å². The third-order valence-electron chi connectivity index (χ3n) is 2.76. The fraction of sp³-hybridized carbons (Fsp3) is 0.385. The summed E-state index contributed by atoms with van der Waals surface area (Å²) in [6.07, 6.45) is 2.77. The molecule has 0 aliphatic carbocycles. The molecule has 0 aliphatic heterocycles. The number of hydrogen-bond donors (Lipinski definition) is 2. The molecule has 0 radical (unpaired) electrons. The zero-order valence-corrected chi connectivity index (χ0v) is 9.77. The highest BCUT2D eigenvalue weighted by molar-refractivity contribution is 5.83. The van der Waals surface area contributed by atoms with Gasteiger partial charge >= 0.3 is 0 Å². The van der Waals surface area contributed by atoms with E-state index in [0.29, 0.717) is 0 Å². The molecule has 0 atom stereocenters. The van der Waals surface area contributed by atoms with Crippen LogP contribution in [0, 0.1) is 0 Å². The summed E-state index contributed by atoms with van der Waals surface area (Å²) in [6, 6.07) is 7.97.